The predicted molar refractivity (Wildman–Crippen MR) is 80.4 cm³/mol. The number of nitrogens with two attached hydrogens (primary N) is 1. The molecule has 0 saturated carbocycles. The standard InChI is InChI=1S/C16H18FN3/c17-15-9-5-4-6-13(15)12-20(11-10-16(18)19)14-7-2-1-3-8-14/h1-9H,10-12H2,(H3,18,19). The Kier molecular flexibility index (Phi) is 4.71. The van der Waals surface area contributed by atoms with Crippen LogP contribution in [-0.2, 0) is 6.54 Å². The van der Waals surface area contributed by atoms with Crippen LogP contribution in [0.2, 0.25) is 0 Å². The van der Waals surface area contributed by atoms with Gasteiger partial charge < -0.3 is 10.6 Å². The highest BCUT2D eigenvalue weighted by molar-refractivity contribution is 5.77. The maximum Gasteiger partial charge on any atom is 0.128 e. The van der Waals surface area contributed by atoms with Crippen LogP contribution in [0.1, 0.15) is 12.0 Å². The quantitative estimate of drug-likeness (QED) is 0.626. The van der Waals surface area contributed by atoms with Gasteiger partial charge in [-0.3, -0.25) is 5.41 Å². The van der Waals surface area contributed by atoms with Crippen LogP contribution in [0.25, 0.3) is 0 Å². The number of amidine groups is 1. The normalized spacial score (nSPS) is 10.2. The van der Waals surface area contributed by atoms with E-state index in [0.717, 1.165) is 5.69 Å². The molecule has 0 saturated heterocycles. The lowest BCUT2D eigenvalue weighted by Gasteiger charge is -2.25. The molecule has 0 amide bonds. The van der Waals surface area contributed by atoms with Crippen molar-refractivity contribution in [2.75, 3.05) is 11.4 Å². The second-order valence-corrected chi connectivity index (χ2v) is 4.62. The molecule has 0 fully saturated rings. The van der Waals surface area contributed by atoms with E-state index >= 15 is 0 Å². The average Bonchev–Trinajstić information content (AvgIpc) is 2.46. The summed E-state index contributed by atoms with van der Waals surface area (Å²) in [5, 5.41) is 7.35. The Balaban J connectivity index is 2.18. The number of halogens is 1. The highest BCUT2D eigenvalue weighted by Gasteiger charge is 2.10. The molecule has 4 heteroatoms. The lowest BCUT2D eigenvalue weighted by atomic mass is 10.1. The summed E-state index contributed by atoms with van der Waals surface area (Å²) < 4.78 is 13.8. The van der Waals surface area contributed by atoms with Crippen molar-refractivity contribution in [2.45, 2.75) is 13.0 Å². The molecule has 0 bridgehead atoms. The van der Waals surface area contributed by atoms with E-state index in [1.165, 1.54) is 6.07 Å². The molecule has 0 radical (unpaired) electrons. The molecule has 0 aliphatic heterocycles. The third-order valence-corrected chi connectivity index (χ3v) is 3.09. The summed E-state index contributed by atoms with van der Waals surface area (Å²) in [6.45, 7) is 1.05. The molecule has 2 rings (SSSR count). The van der Waals surface area contributed by atoms with E-state index in [2.05, 4.69) is 0 Å². The molecule has 0 unspecified atom stereocenters. The van der Waals surface area contributed by atoms with Crippen LogP contribution in [0.15, 0.2) is 54.6 Å². The minimum atomic E-state index is -0.212. The van der Waals surface area contributed by atoms with E-state index in [0.29, 0.717) is 25.1 Å². The Bertz CT molecular complexity index is 569. The summed E-state index contributed by atoms with van der Waals surface area (Å²) >= 11 is 0. The fraction of sp³-hybridized carbons (Fsp3) is 0.188. The van der Waals surface area contributed by atoms with Crippen LogP contribution in [0, 0.1) is 11.2 Å². The zero-order valence-corrected chi connectivity index (χ0v) is 11.2. The Morgan fingerprint density at radius 3 is 2.35 bits per heavy atom. The van der Waals surface area contributed by atoms with Gasteiger partial charge in [-0.05, 0) is 18.2 Å². The van der Waals surface area contributed by atoms with Crippen molar-refractivity contribution in [1.29, 1.82) is 5.41 Å². The first-order valence-electron chi connectivity index (χ1n) is 6.53. The van der Waals surface area contributed by atoms with Crippen LogP contribution in [0.5, 0.6) is 0 Å². The van der Waals surface area contributed by atoms with Gasteiger partial charge >= 0.3 is 0 Å². The minimum absolute atomic E-state index is 0.138. The fourth-order valence-electron chi connectivity index (χ4n) is 2.03. The number of nitrogens with zero attached hydrogens (tertiary/aromatic N) is 1. The highest BCUT2D eigenvalue weighted by atomic mass is 19.1. The lowest BCUT2D eigenvalue weighted by Crippen LogP contribution is -2.27. The second kappa shape index (κ2) is 6.70. The maximum atomic E-state index is 13.8. The SMILES string of the molecule is N=C(N)CCN(Cc1ccccc1F)c1ccccc1. The average molecular weight is 271 g/mol. The first-order chi connectivity index (χ1) is 9.66. The Hall–Kier alpha value is -2.36. The third-order valence-electron chi connectivity index (χ3n) is 3.09. The van der Waals surface area contributed by atoms with Crippen LogP contribution in [0.4, 0.5) is 10.1 Å². The third kappa shape index (κ3) is 3.82. The van der Waals surface area contributed by atoms with E-state index < -0.39 is 0 Å². The van der Waals surface area contributed by atoms with Crippen LogP contribution < -0.4 is 10.6 Å². The first-order valence-corrected chi connectivity index (χ1v) is 6.53. The number of nitrogens with one attached hydrogen (secondary N) is 1. The van der Waals surface area contributed by atoms with Crippen molar-refractivity contribution in [3.8, 4) is 0 Å². The van der Waals surface area contributed by atoms with Gasteiger partial charge in [-0.25, -0.2) is 4.39 Å². The summed E-state index contributed by atoms with van der Waals surface area (Å²) in [5.74, 6) is -0.0734. The Morgan fingerprint density at radius 2 is 1.70 bits per heavy atom. The van der Waals surface area contributed by atoms with E-state index in [-0.39, 0.29) is 11.7 Å². The van der Waals surface area contributed by atoms with Gasteiger partial charge in [0.15, 0.2) is 0 Å². The number of anilines is 1. The van der Waals surface area contributed by atoms with Gasteiger partial charge in [0.2, 0.25) is 0 Å². The molecular weight excluding hydrogens is 253 g/mol. The van der Waals surface area contributed by atoms with Crippen molar-refractivity contribution >= 4 is 11.5 Å². The number of para-hydroxylation sites is 1. The fourth-order valence-corrected chi connectivity index (χ4v) is 2.03. The predicted octanol–water partition coefficient (Wildman–Crippen LogP) is 3.16. The smallest absolute Gasteiger partial charge is 0.128 e. The van der Waals surface area contributed by atoms with Gasteiger partial charge in [0.25, 0.3) is 0 Å². The van der Waals surface area contributed by atoms with Gasteiger partial charge in [0.05, 0.1) is 5.84 Å². The van der Waals surface area contributed by atoms with Gasteiger partial charge in [-0.2, -0.15) is 0 Å². The molecule has 3 N–H and O–H groups in total. The summed E-state index contributed by atoms with van der Waals surface area (Å²) in [5.41, 5.74) is 7.06. The van der Waals surface area contributed by atoms with E-state index in [1.54, 1.807) is 12.1 Å². The summed E-state index contributed by atoms with van der Waals surface area (Å²) in [6, 6.07) is 16.5. The zero-order valence-electron chi connectivity index (χ0n) is 11.2. The van der Waals surface area contributed by atoms with E-state index in [9.17, 15) is 4.39 Å². The lowest BCUT2D eigenvalue weighted by molar-refractivity contribution is 0.604. The summed E-state index contributed by atoms with van der Waals surface area (Å²) in [6.07, 6.45) is 0.462. The van der Waals surface area contributed by atoms with Crippen LogP contribution >= 0.6 is 0 Å². The van der Waals surface area contributed by atoms with Crippen molar-refractivity contribution in [1.82, 2.24) is 0 Å². The van der Waals surface area contributed by atoms with Gasteiger partial charge in [0, 0.05) is 30.8 Å². The maximum absolute atomic E-state index is 13.8. The molecule has 20 heavy (non-hydrogen) atoms. The van der Waals surface area contributed by atoms with E-state index in [1.807, 2.05) is 41.3 Å². The molecule has 0 aliphatic carbocycles. The molecule has 0 aromatic heterocycles. The zero-order chi connectivity index (χ0) is 14.4. The van der Waals surface area contributed by atoms with Crippen molar-refractivity contribution in [3.63, 3.8) is 0 Å². The molecule has 2 aromatic rings. The molecule has 0 spiro atoms. The number of benzene rings is 2. The molecule has 0 aliphatic rings. The summed E-state index contributed by atoms with van der Waals surface area (Å²) in [7, 11) is 0. The molecule has 104 valence electrons. The molecule has 0 heterocycles. The van der Waals surface area contributed by atoms with Crippen LogP contribution in [0.3, 0.4) is 0 Å². The Labute approximate surface area is 118 Å². The highest BCUT2D eigenvalue weighted by Crippen LogP contribution is 2.18. The minimum Gasteiger partial charge on any atom is -0.388 e. The monoisotopic (exact) mass is 271 g/mol. The van der Waals surface area contributed by atoms with Crippen molar-refractivity contribution in [3.05, 3.63) is 66.0 Å². The van der Waals surface area contributed by atoms with Gasteiger partial charge in [-0.1, -0.05) is 36.4 Å². The summed E-state index contributed by atoms with van der Waals surface area (Å²) in [4.78, 5) is 2.03. The van der Waals surface area contributed by atoms with Crippen molar-refractivity contribution < 1.29 is 4.39 Å². The molecule has 0 atom stereocenters. The first kappa shape index (κ1) is 14.1. The largest absolute Gasteiger partial charge is 0.388 e. The second-order valence-electron chi connectivity index (χ2n) is 4.62. The van der Waals surface area contributed by atoms with Gasteiger partial charge in [-0.15, -0.1) is 0 Å². The van der Waals surface area contributed by atoms with Crippen molar-refractivity contribution in [2.24, 2.45) is 5.73 Å². The van der Waals surface area contributed by atoms with Gasteiger partial charge in [0.1, 0.15) is 5.82 Å². The number of rotatable bonds is 6. The van der Waals surface area contributed by atoms with Crippen LogP contribution in [-0.4, -0.2) is 12.4 Å². The number of hydrogen-bond donors (Lipinski definition) is 2. The molecular formula is C16H18FN3. The topological polar surface area (TPSA) is 53.1 Å². The Morgan fingerprint density at radius 1 is 1.05 bits per heavy atom. The van der Waals surface area contributed by atoms with E-state index in [4.69, 9.17) is 11.1 Å². The number of hydrogen-bond acceptors (Lipinski definition) is 2. The molecule has 2 aromatic carbocycles. The molecule has 3 nitrogen and oxygen atoms in total.